The number of oxazole rings is 1. The summed E-state index contributed by atoms with van der Waals surface area (Å²) < 4.78 is 5.06. The average Bonchev–Trinajstić information content (AvgIpc) is 2.74. The second kappa shape index (κ2) is 4.87. The molecule has 17 heavy (non-hydrogen) atoms. The number of aryl methyl sites for hydroxylation is 1. The minimum Gasteiger partial charge on any atom is -0.438 e. The fraction of sp³-hybridized carbons (Fsp3) is 0.667. The molecule has 5 heteroatoms. The molecule has 2 rings (SSSR count). The van der Waals surface area contributed by atoms with Gasteiger partial charge in [0, 0.05) is 13.1 Å². The summed E-state index contributed by atoms with van der Waals surface area (Å²) >= 11 is 0. The van der Waals surface area contributed by atoms with Crippen molar-refractivity contribution in [1.29, 1.82) is 0 Å². The number of nitrogens with zero attached hydrogens (tertiary/aromatic N) is 1. The van der Waals surface area contributed by atoms with Gasteiger partial charge in [0.2, 0.25) is 5.76 Å². The molecule has 1 aromatic heterocycles. The van der Waals surface area contributed by atoms with E-state index in [1.807, 2.05) is 0 Å². The third-order valence-electron chi connectivity index (χ3n) is 3.31. The van der Waals surface area contributed by atoms with Gasteiger partial charge in [-0.2, -0.15) is 0 Å². The lowest BCUT2D eigenvalue weighted by Gasteiger charge is -2.34. The van der Waals surface area contributed by atoms with Crippen LogP contribution in [-0.4, -0.2) is 30.5 Å². The van der Waals surface area contributed by atoms with Gasteiger partial charge in [-0.05, 0) is 31.7 Å². The molecule has 2 N–H and O–H groups in total. The van der Waals surface area contributed by atoms with Crippen molar-refractivity contribution in [2.24, 2.45) is 5.41 Å². The molecule has 0 aromatic carbocycles. The molecule has 1 fully saturated rings. The first-order valence-corrected chi connectivity index (χ1v) is 6.00. The van der Waals surface area contributed by atoms with Crippen LogP contribution in [0.25, 0.3) is 0 Å². The van der Waals surface area contributed by atoms with E-state index in [9.17, 15) is 4.79 Å². The van der Waals surface area contributed by atoms with Crippen LogP contribution < -0.4 is 10.6 Å². The van der Waals surface area contributed by atoms with Crippen molar-refractivity contribution >= 4 is 5.91 Å². The van der Waals surface area contributed by atoms with Gasteiger partial charge < -0.3 is 15.1 Å². The zero-order valence-corrected chi connectivity index (χ0v) is 10.4. The number of carbonyl (C=O) groups is 1. The normalized spacial score (nSPS) is 24.6. The van der Waals surface area contributed by atoms with Crippen molar-refractivity contribution in [2.75, 3.05) is 19.6 Å². The predicted molar refractivity (Wildman–Crippen MR) is 63.8 cm³/mol. The Morgan fingerprint density at radius 3 is 3.12 bits per heavy atom. The molecule has 1 aliphatic heterocycles. The number of carbonyl (C=O) groups excluding carboxylic acids is 1. The maximum absolute atomic E-state index is 11.8. The van der Waals surface area contributed by atoms with Crippen molar-refractivity contribution in [1.82, 2.24) is 15.6 Å². The Hall–Kier alpha value is -1.36. The van der Waals surface area contributed by atoms with Crippen LogP contribution in [0.3, 0.4) is 0 Å². The third kappa shape index (κ3) is 2.85. The second-order valence-electron chi connectivity index (χ2n) is 5.04. The van der Waals surface area contributed by atoms with Crippen LogP contribution in [-0.2, 0) is 0 Å². The van der Waals surface area contributed by atoms with Crippen molar-refractivity contribution in [3.63, 3.8) is 0 Å². The number of amides is 1. The van der Waals surface area contributed by atoms with E-state index >= 15 is 0 Å². The van der Waals surface area contributed by atoms with E-state index in [1.165, 1.54) is 6.39 Å². The van der Waals surface area contributed by atoms with E-state index < -0.39 is 0 Å². The molecule has 1 atom stereocenters. The van der Waals surface area contributed by atoms with Crippen LogP contribution in [0, 0.1) is 12.3 Å². The summed E-state index contributed by atoms with van der Waals surface area (Å²) in [4.78, 5) is 15.8. The van der Waals surface area contributed by atoms with Crippen LogP contribution in [0.4, 0.5) is 0 Å². The fourth-order valence-electron chi connectivity index (χ4n) is 2.16. The summed E-state index contributed by atoms with van der Waals surface area (Å²) in [5.74, 6) is 0.143. The van der Waals surface area contributed by atoms with E-state index in [4.69, 9.17) is 4.42 Å². The summed E-state index contributed by atoms with van der Waals surface area (Å²) in [7, 11) is 0. The maximum atomic E-state index is 11.8. The number of aromatic nitrogens is 1. The van der Waals surface area contributed by atoms with Gasteiger partial charge in [0.05, 0.1) is 5.69 Å². The molecule has 1 unspecified atom stereocenters. The minimum absolute atomic E-state index is 0.141. The van der Waals surface area contributed by atoms with Crippen LogP contribution >= 0.6 is 0 Å². The number of rotatable bonds is 3. The van der Waals surface area contributed by atoms with Gasteiger partial charge >= 0.3 is 0 Å². The summed E-state index contributed by atoms with van der Waals surface area (Å²) in [6.07, 6.45) is 3.59. The van der Waals surface area contributed by atoms with Gasteiger partial charge in [0.15, 0.2) is 6.39 Å². The van der Waals surface area contributed by atoms with Crippen molar-refractivity contribution < 1.29 is 9.21 Å². The molecule has 1 saturated heterocycles. The lowest BCUT2D eigenvalue weighted by Crippen LogP contribution is -2.45. The fourth-order valence-corrected chi connectivity index (χ4v) is 2.16. The highest BCUT2D eigenvalue weighted by Gasteiger charge is 2.27. The van der Waals surface area contributed by atoms with E-state index in [-0.39, 0.29) is 11.3 Å². The summed E-state index contributed by atoms with van der Waals surface area (Å²) in [5.41, 5.74) is 0.774. The van der Waals surface area contributed by atoms with E-state index in [2.05, 4.69) is 22.5 Å². The SMILES string of the molecule is Cc1ncoc1C(=O)NCC1(C)CCCNC1. The largest absolute Gasteiger partial charge is 0.438 e. The molecule has 0 saturated carbocycles. The van der Waals surface area contributed by atoms with Crippen molar-refractivity contribution in [3.8, 4) is 0 Å². The number of piperidine rings is 1. The molecule has 1 aromatic rings. The summed E-state index contributed by atoms with van der Waals surface area (Å²) in [5, 5.41) is 6.28. The first kappa shape index (κ1) is 12.1. The number of hydrogen-bond acceptors (Lipinski definition) is 4. The van der Waals surface area contributed by atoms with Gasteiger partial charge in [0.1, 0.15) is 0 Å². The Bertz CT molecular complexity index is 394. The summed E-state index contributed by atoms with van der Waals surface area (Å²) in [6, 6.07) is 0. The first-order valence-electron chi connectivity index (χ1n) is 6.00. The molecular weight excluding hydrogens is 218 g/mol. The Balaban J connectivity index is 1.90. The quantitative estimate of drug-likeness (QED) is 0.826. The zero-order chi connectivity index (χ0) is 12.3. The monoisotopic (exact) mass is 237 g/mol. The van der Waals surface area contributed by atoms with Gasteiger partial charge in [-0.25, -0.2) is 4.98 Å². The molecule has 1 aliphatic rings. The lowest BCUT2D eigenvalue weighted by molar-refractivity contribution is 0.0896. The molecule has 0 aliphatic carbocycles. The maximum Gasteiger partial charge on any atom is 0.289 e. The van der Waals surface area contributed by atoms with Crippen LogP contribution in [0.5, 0.6) is 0 Å². The highest BCUT2D eigenvalue weighted by atomic mass is 16.3. The smallest absolute Gasteiger partial charge is 0.289 e. The van der Waals surface area contributed by atoms with Gasteiger partial charge in [-0.1, -0.05) is 6.92 Å². The third-order valence-corrected chi connectivity index (χ3v) is 3.31. The number of nitrogens with one attached hydrogen (secondary N) is 2. The Morgan fingerprint density at radius 1 is 1.71 bits per heavy atom. The highest BCUT2D eigenvalue weighted by molar-refractivity contribution is 5.92. The topological polar surface area (TPSA) is 67.2 Å². The predicted octanol–water partition coefficient (Wildman–Crippen LogP) is 1.10. The van der Waals surface area contributed by atoms with Gasteiger partial charge in [0.25, 0.3) is 5.91 Å². The van der Waals surface area contributed by atoms with Crippen LogP contribution in [0.1, 0.15) is 36.0 Å². The molecule has 2 heterocycles. The van der Waals surface area contributed by atoms with E-state index in [1.54, 1.807) is 6.92 Å². The van der Waals surface area contributed by atoms with E-state index in [0.717, 1.165) is 25.9 Å². The Kier molecular flexibility index (Phi) is 3.47. The average molecular weight is 237 g/mol. The molecule has 0 radical (unpaired) electrons. The standard InChI is InChI=1S/C12H19N3O2/c1-9-10(17-8-15-9)11(16)14-7-12(2)4-3-5-13-6-12/h8,13H,3-7H2,1-2H3,(H,14,16). The first-order chi connectivity index (χ1) is 8.11. The Morgan fingerprint density at radius 2 is 2.53 bits per heavy atom. The molecule has 1 amide bonds. The molecular formula is C12H19N3O2. The Labute approximate surface area is 101 Å². The second-order valence-corrected chi connectivity index (χ2v) is 5.04. The minimum atomic E-state index is -0.174. The van der Waals surface area contributed by atoms with E-state index in [0.29, 0.717) is 18.0 Å². The highest BCUT2D eigenvalue weighted by Crippen LogP contribution is 2.24. The van der Waals surface area contributed by atoms with Crippen molar-refractivity contribution in [3.05, 3.63) is 17.8 Å². The van der Waals surface area contributed by atoms with Crippen molar-refractivity contribution in [2.45, 2.75) is 26.7 Å². The summed E-state index contributed by atoms with van der Waals surface area (Å²) in [6.45, 7) is 6.64. The van der Waals surface area contributed by atoms with Crippen LogP contribution in [0.2, 0.25) is 0 Å². The van der Waals surface area contributed by atoms with Crippen LogP contribution in [0.15, 0.2) is 10.8 Å². The van der Waals surface area contributed by atoms with Gasteiger partial charge in [-0.3, -0.25) is 4.79 Å². The zero-order valence-electron chi connectivity index (χ0n) is 10.4. The molecule has 94 valence electrons. The molecule has 0 bridgehead atoms. The lowest BCUT2D eigenvalue weighted by atomic mass is 9.83. The molecule has 5 nitrogen and oxygen atoms in total. The van der Waals surface area contributed by atoms with Gasteiger partial charge in [-0.15, -0.1) is 0 Å². The number of hydrogen-bond donors (Lipinski definition) is 2. The molecule has 0 spiro atoms.